The van der Waals surface area contributed by atoms with Crippen molar-refractivity contribution in [2.45, 2.75) is 19.4 Å². The number of rotatable bonds is 5. The molecule has 1 aromatic rings. The topological polar surface area (TPSA) is 29.5 Å². The van der Waals surface area contributed by atoms with E-state index in [-0.39, 0.29) is 12.1 Å². The predicted molar refractivity (Wildman–Crippen MR) is 72.7 cm³/mol. The van der Waals surface area contributed by atoms with Crippen LogP contribution in [0.1, 0.15) is 13.3 Å². The van der Waals surface area contributed by atoms with Gasteiger partial charge in [-0.2, -0.15) is 11.8 Å². The number of nitrogens with zero attached hydrogens (tertiary/aromatic N) is 1. The van der Waals surface area contributed by atoms with Gasteiger partial charge in [-0.05, 0) is 37.5 Å². The summed E-state index contributed by atoms with van der Waals surface area (Å²) in [7, 11) is 1.77. The molecule has 1 unspecified atom stereocenters. The van der Waals surface area contributed by atoms with Crippen LogP contribution in [0.5, 0.6) is 5.75 Å². The van der Waals surface area contributed by atoms with E-state index >= 15 is 0 Å². The molecule has 1 amide bonds. The average Bonchev–Trinajstić information content (AvgIpc) is 2.36. The van der Waals surface area contributed by atoms with Crippen LogP contribution in [0, 0.1) is 0 Å². The second kappa shape index (κ2) is 7.22. The van der Waals surface area contributed by atoms with Gasteiger partial charge in [-0.15, -0.1) is 0 Å². The van der Waals surface area contributed by atoms with Gasteiger partial charge in [0.15, 0.2) is 0 Å². The van der Waals surface area contributed by atoms with Gasteiger partial charge in [0.2, 0.25) is 0 Å². The van der Waals surface area contributed by atoms with E-state index in [9.17, 15) is 4.79 Å². The second-order valence-corrected chi connectivity index (χ2v) is 4.91. The second-order valence-electron chi connectivity index (χ2n) is 3.92. The average molecular weight is 253 g/mol. The summed E-state index contributed by atoms with van der Waals surface area (Å²) in [5, 5.41) is 0. The number of carbonyl (C=O) groups excluding carboxylic acids is 1. The van der Waals surface area contributed by atoms with Crippen LogP contribution in [0.3, 0.4) is 0 Å². The predicted octanol–water partition coefficient (Wildman–Crippen LogP) is 3.26. The van der Waals surface area contributed by atoms with Gasteiger partial charge in [0.25, 0.3) is 0 Å². The Bertz CT molecular complexity index is 343. The van der Waals surface area contributed by atoms with E-state index < -0.39 is 0 Å². The van der Waals surface area contributed by atoms with Crippen molar-refractivity contribution >= 4 is 17.9 Å². The van der Waals surface area contributed by atoms with Gasteiger partial charge in [-0.1, -0.05) is 18.2 Å². The number of thioether (sulfide) groups is 1. The summed E-state index contributed by atoms with van der Waals surface area (Å²) in [6, 6.07) is 9.33. The monoisotopic (exact) mass is 253 g/mol. The summed E-state index contributed by atoms with van der Waals surface area (Å²) in [6.45, 7) is 2.03. The van der Waals surface area contributed by atoms with Crippen LogP contribution in [0.15, 0.2) is 30.3 Å². The molecule has 0 radical (unpaired) electrons. The molecule has 17 heavy (non-hydrogen) atoms. The summed E-state index contributed by atoms with van der Waals surface area (Å²) < 4.78 is 5.26. The van der Waals surface area contributed by atoms with Crippen LogP contribution < -0.4 is 4.74 Å². The molecule has 0 fully saturated rings. The van der Waals surface area contributed by atoms with Gasteiger partial charge in [0, 0.05) is 13.1 Å². The van der Waals surface area contributed by atoms with Gasteiger partial charge in [0.1, 0.15) is 5.75 Å². The Morgan fingerprint density at radius 2 is 2.06 bits per heavy atom. The standard InChI is InChI=1S/C13H19NO2S/c1-11(9-10-17-3)14(2)13(15)16-12-7-5-4-6-8-12/h4-8,11H,9-10H2,1-3H3. The lowest BCUT2D eigenvalue weighted by Crippen LogP contribution is -2.37. The molecule has 94 valence electrons. The Labute approximate surface area is 107 Å². The number of carbonyl (C=O) groups is 1. The Morgan fingerprint density at radius 1 is 1.41 bits per heavy atom. The number of amides is 1. The van der Waals surface area contributed by atoms with Gasteiger partial charge < -0.3 is 9.64 Å². The van der Waals surface area contributed by atoms with Crippen LogP contribution in [0.4, 0.5) is 4.79 Å². The number of benzene rings is 1. The minimum Gasteiger partial charge on any atom is -0.410 e. The lowest BCUT2D eigenvalue weighted by atomic mass is 10.2. The normalized spacial score (nSPS) is 11.9. The first-order valence-corrected chi connectivity index (χ1v) is 7.03. The highest BCUT2D eigenvalue weighted by Crippen LogP contribution is 2.12. The number of para-hydroxylation sites is 1. The molecular formula is C13H19NO2S. The number of hydrogen-bond acceptors (Lipinski definition) is 3. The van der Waals surface area contributed by atoms with Crippen LogP contribution in [-0.4, -0.2) is 36.1 Å². The molecule has 0 aliphatic carbocycles. The fourth-order valence-electron chi connectivity index (χ4n) is 1.32. The van der Waals surface area contributed by atoms with Gasteiger partial charge in [0.05, 0.1) is 0 Å². The molecule has 3 nitrogen and oxygen atoms in total. The first kappa shape index (κ1) is 13.9. The van der Waals surface area contributed by atoms with E-state index in [1.54, 1.807) is 35.8 Å². The molecule has 1 rings (SSSR count). The molecule has 4 heteroatoms. The van der Waals surface area contributed by atoms with Gasteiger partial charge in [-0.3, -0.25) is 0 Å². The van der Waals surface area contributed by atoms with Crippen LogP contribution in [0.25, 0.3) is 0 Å². The number of hydrogen-bond donors (Lipinski definition) is 0. The largest absolute Gasteiger partial charge is 0.415 e. The molecule has 0 aromatic heterocycles. The molecule has 0 bridgehead atoms. The third-order valence-corrected chi connectivity index (χ3v) is 3.28. The minimum absolute atomic E-state index is 0.193. The van der Waals surface area contributed by atoms with Crippen molar-refractivity contribution in [2.75, 3.05) is 19.1 Å². The summed E-state index contributed by atoms with van der Waals surface area (Å²) in [5.74, 6) is 1.63. The Morgan fingerprint density at radius 3 is 2.65 bits per heavy atom. The lowest BCUT2D eigenvalue weighted by molar-refractivity contribution is 0.148. The highest BCUT2D eigenvalue weighted by Gasteiger charge is 2.17. The molecule has 0 aliphatic heterocycles. The van der Waals surface area contributed by atoms with Crippen LogP contribution in [-0.2, 0) is 0 Å². The van der Waals surface area contributed by atoms with E-state index in [4.69, 9.17) is 4.74 Å². The van der Waals surface area contributed by atoms with E-state index in [2.05, 4.69) is 6.26 Å². The van der Waals surface area contributed by atoms with Crippen molar-refractivity contribution in [3.63, 3.8) is 0 Å². The minimum atomic E-state index is -0.301. The van der Waals surface area contributed by atoms with Gasteiger partial charge >= 0.3 is 6.09 Å². The third kappa shape index (κ3) is 4.69. The number of ether oxygens (including phenoxy) is 1. The molecule has 0 aliphatic rings. The molecule has 0 N–H and O–H groups in total. The zero-order valence-corrected chi connectivity index (χ0v) is 11.4. The summed E-state index contributed by atoms with van der Waals surface area (Å²) in [4.78, 5) is 13.5. The molecule has 1 atom stereocenters. The fourth-order valence-corrected chi connectivity index (χ4v) is 1.90. The van der Waals surface area contributed by atoms with Crippen LogP contribution >= 0.6 is 11.8 Å². The van der Waals surface area contributed by atoms with E-state index in [0.29, 0.717) is 5.75 Å². The summed E-state index contributed by atoms with van der Waals surface area (Å²) in [5.41, 5.74) is 0. The zero-order chi connectivity index (χ0) is 12.7. The maximum absolute atomic E-state index is 11.8. The maximum atomic E-state index is 11.8. The maximum Gasteiger partial charge on any atom is 0.415 e. The molecular weight excluding hydrogens is 234 g/mol. The first-order valence-electron chi connectivity index (χ1n) is 5.63. The molecule has 0 spiro atoms. The molecule has 1 aromatic carbocycles. The quantitative estimate of drug-likeness (QED) is 0.806. The van der Waals surface area contributed by atoms with Crippen molar-refractivity contribution in [1.29, 1.82) is 0 Å². The highest BCUT2D eigenvalue weighted by atomic mass is 32.2. The SMILES string of the molecule is CSCCC(C)N(C)C(=O)Oc1ccccc1. The fraction of sp³-hybridized carbons (Fsp3) is 0.462. The summed E-state index contributed by atoms with van der Waals surface area (Å²) in [6.07, 6.45) is 2.74. The smallest absolute Gasteiger partial charge is 0.410 e. The van der Waals surface area contributed by atoms with E-state index in [1.807, 2.05) is 25.1 Å². The molecule has 0 heterocycles. The molecule has 0 saturated heterocycles. The van der Waals surface area contributed by atoms with Crippen molar-refractivity contribution in [3.8, 4) is 5.75 Å². The lowest BCUT2D eigenvalue weighted by Gasteiger charge is -2.23. The highest BCUT2D eigenvalue weighted by molar-refractivity contribution is 7.98. The van der Waals surface area contributed by atoms with E-state index in [1.165, 1.54) is 0 Å². The Hall–Kier alpha value is -1.16. The third-order valence-electron chi connectivity index (χ3n) is 2.64. The van der Waals surface area contributed by atoms with Crippen LogP contribution in [0.2, 0.25) is 0 Å². The van der Waals surface area contributed by atoms with Crippen molar-refractivity contribution in [2.24, 2.45) is 0 Å². The van der Waals surface area contributed by atoms with Gasteiger partial charge in [-0.25, -0.2) is 4.79 Å². The Balaban J connectivity index is 2.47. The van der Waals surface area contributed by atoms with Crippen molar-refractivity contribution in [3.05, 3.63) is 30.3 Å². The Kier molecular flexibility index (Phi) is 5.91. The van der Waals surface area contributed by atoms with Crippen molar-refractivity contribution < 1.29 is 9.53 Å². The van der Waals surface area contributed by atoms with E-state index in [0.717, 1.165) is 12.2 Å². The summed E-state index contributed by atoms with van der Waals surface area (Å²) >= 11 is 1.78. The van der Waals surface area contributed by atoms with Crippen molar-refractivity contribution in [1.82, 2.24) is 4.90 Å². The zero-order valence-electron chi connectivity index (χ0n) is 10.6. The first-order chi connectivity index (χ1) is 8.15. The molecule has 0 saturated carbocycles.